The van der Waals surface area contributed by atoms with Crippen LogP contribution in [0, 0.1) is 0 Å². The molecule has 0 unspecified atom stereocenters. The van der Waals surface area contributed by atoms with E-state index in [2.05, 4.69) is 10.6 Å². The second-order valence-electron chi connectivity index (χ2n) is 3.34. The summed E-state index contributed by atoms with van der Waals surface area (Å²) in [6.45, 7) is 5.54. The molecule has 0 aromatic heterocycles. The Bertz CT molecular complexity index is 129. The maximum atomic E-state index is 10.9. The van der Waals surface area contributed by atoms with E-state index < -0.39 is 0 Å². The molecular formula is C7H15N2O2. The monoisotopic (exact) mass is 159 g/mol. The van der Waals surface area contributed by atoms with Crippen molar-refractivity contribution in [1.29, 1.82) is 0 Å². The van der Waals surface area contributed by atoms with Crippen LogP contribution in [0.25, 0.3) is 0 Å². The molecule has 0 saturated carbocycles. The zero-order valence-corrected chi connectivity index (χ0v) is 7.23. The molecule has 4 nitrogen and oxygen atoms in total. The first kappa shape index (κ1) is 10.2. The molecule has 1 radical (unpaired) electrons. The fourth-order valence-electron chi connectivity index (χ4n) is 0.549. The second kappa shape index (κ2) is 4.18. The summed E-state index contributed by atoms with van der Waals surface area (Å²) in [5.74, 6) is 0. The molecule has 11 heavy (non-hydrogen) atoms. The van der Waals surface area contributed by atoms with Crippen molar-refractivity contribution in [2.45, 2.75) is 26.3 Å². The number of hydrogen-bond acceptors (Lipinski definition) is 1. The van der Waals surface area contributed by atoms with Gasteiger partial charge < -0.3 is 10.6 Å². The SMILES string of the molecule is CC(C)(C)NC(=O)NCC[O]. The largest absolute Gasteiger partial charge is 0.336 e. The molecule has 2 amide bonds. The molecule has 0 aliphatic rings. The first-order chi connectivity index (χ1) is 4.95. The van der Waals surface area contributed by atoms with E-state index in [1.165, 1.54) is 0 Å². The third kappa shape index (κ3) is 7.12. The van der Waals surface area contributed by atoms with Gasteiger partial charge in [0.2, 0.25) is 0 Å². The summed E-state index contributed by atoms with van der Waals surface area (Å²) >= 11 is 0. The lowest BCUT2D eigenvalue weighted by Crippen LogP contribution is -2.46. The predicted octanol–water partition coefficient (Wildman–Crippen LogP) is 0.515. The maximum absolute atomic E-state index is 10.9. The Balaban J connectivity index is 3.53. The summed E-state index contributed by atoms with van der Waals surface area (Å²) < 4.78 is 0. The number of carbonyl (C=O) groups is 1. The van der Waals surface area contributed by atoms with Crippen molar-refractivity contribution in [3.8, 4) is 0 Å². The molecule has 0 aliphatic heterocycles. The van der Waals surface area contributed by atoms with Crippen LogP contribution in [0.5, 0.6) is 0 Å². The highest BCUT2D eigenvalue weighted by molar-refractivity contribution is 5.74. The molecule has 2 N–H and O–H groups in total. The van der Waals surface area contributed by atoms with Gasteiger partial charge in [-0.1, -0.05) is 0 Å². The zero-order valence-electron chi connectivity index (χ0n) is 7.23. The van der Waals surface area contributed by atoms with Gasteiger partial charge in [0.1, 0.15) is 0 Å². The van der Waals surface area contributed by atoms with E-state index in [0.717, 1.165) is 0 Å². The normalized spacial score (nSPS) is 10.9. The molecule has 0 heterocycles. The Kier molecular flexibility index (Phi) is 3.89. The van der Waals surface area contributed by atoms with Gasteiger partial charge in [0.15, 0.2) is 0 Å². The fraction of sp³-hybridized carbons (Fsp3) is 0.857. The topological polar surface area (TPSA) is 61.0 Å². The van der Waals surface area contributed by atoms with Crippen molar-refractivity contribution in [1.82, 2.24) is 10.6 Å². The summed E-state index contributed by atoms with van der Waals surface area (Å²) in [5, 5.41) is 15.0. The Hall–Kier alpha value is -0.770. The molecular weight excluding hydrogens is 144 g/mol. The minimum Gasteiger partial charge on any atom is -0.336 e. The minimum atomic E-state index is -0.284. The van der Waals surface area contributed by atoms with Gasteiger partial charge in [0, 0.05) is 12.1 Å². The predicted molar refractivity (Wildman–Crippen MR) is 41.8 cm³/mol. The molecule has 0 rings (SSSR count). The lowest BCUT2D eigenvalue weighted by molar-refractivity contribution is 0.189. The van der Waals surface area contributed by atoms with Crippen LogP contribution < -0.4 is 10.6 Å². The van der Waals surface area contributed by atoms with E-state index in [-0.39, 0.29) is 24.7 Å². The number of nitrogens with one attached hydrogen (secondary N) is 2. The lowest BCUT2D eigenvalue weighted by atomic mass is 10.1. The molecule has 0 aliphatic carbocycles. The highest BCUT2D eigenvalue weighted by Gasteiger charge is 2.12. The van der Waals surface area contributed by atoms with E-state index in [9.17, 15) is 9.90 Å². The van der Waals surface area contributed by atoms with Gasteiger partial charge in [-0.15, -0.1) is 0 Å². The third-order valence-electron chi connectivity index (χ3n) is 0.876. The van der Waals surface area contributed by atoms with E-state index >= 15 is 0 Å². The zero-order chi connectivity index (χ0) is 8.91. The van der Waals surface area contributed by atoms with Gasteiger partial charge in [-0.25, -0.2) is 9.90 Å². The lowest BCUT2D eigenvalue weighted by Gasteiger charge is -2.20. The fourth-order valence-corrected chi connectivity index (χ4v) is 0.549. The van der Waals surface area contributed by atoms with Crippen LogP contribution in [0.1, 0.15) is 20.8 Å². The maximum Gasteiger partial charge on any atom is 0.315 e. The van der Waals surface area contributed by atoms with E-state index in [4.69, 9.17) is 0 Å². The van der Waals surface area contributed by atoms with Crippen molar-refractivity contribution in [2.75, 3.05) is 13.2 Å². The number of carbonyl (C=O) groups excluding carboxylic acids is 1. The first-order valence-electron chi connectivity index (χ1n) is 3.60. The van der Waals surface area contributed by atoms with Crippen LogP contribution in [0.2, 0.25) is 0 Å². The molecule has 0 bridgehead atoms. The van der Waals surface area contributed by atoms with E-state index in [1.807, 2.05) is 20.8 Å². The van der Waals surface area contributed by atoms with Crippen LogP contribution in [0.3, 0.4) is 0 Å². The molecule has 0 fully saturated rings. The molecule has 0 spiro atoms. The smallest absolute Gasteiger partial charge is 0.315 e. The molecule has 0 atom stereocenters. The average molecular weight is 159 g/mol. The minimum absolute atomic E-state index is 0.182. The van der Waals surface area contributed by atoms with Gasteiger partial charge in [0.05, 0.1) is 6.61 Å². The molecule has 0 aromatic rings. The van der Waals surface area contributed by atoms with Crippen LogP contribution in [-0.2, 0) is 5.11 Å². The van der Waals surface area contributed by atoms with E-state index in [1.54, 1.807) is 0 Å². The summed E-state index contributed by atoms with van der Waals surface area (Å²) in [4.78, 5) is 10.9. The molecule has 0 saturated heterocycles. The Morgan fingerprint density at radius 2 is 1.91 bits per heavy atom. The van der Waals surface area contributed by atoms with Crippen LogP contribution in [-0.4, -0.2) is 24.7 Å². The Morgan fingerprint density at radius 3 is 2.27 bits per heavy atom. The van der Waals surface area contributed by atoms with Gasteiger partial charge >= 0.3 is 6.03 Å². The average Bonchev–Trinajstić information content (AvgIpc) is 1.79. The van der Waals surface area contributed by atoms with Crippen LogP contribution in [0.15, 0.2) is 0 Å². The quantitative estimate of drug-likeness (QED) is 0.606. The van der Waals surface area contributed by atoms with Gasteiger partial charge in [-0.3, -0.25) is 0 Å². The standard InChI is InChI=1S/C7H15N2O2/c1-7(2,3)9-6(11)8-4-5-10/h4-5H2,1-3H3,(H2,8,9,11). The number of amides is 2. The number of rotatable bonds is 2. The molecule has 65 valence electrons. The number of urea groups is 1. The highest BCUT2D eigenvalue weighted by atomic mass is 16.3. The van der Waals surface area contributed by atoms with Gasteiger partial charge in [0.25, 0.3) is 0 Å². The van der Waals surface area contributed by atoms with E-state index in [0.29, 0.717) is 0 Å². The first-order valence-corrected chi connectivity index (χ1v) is 3.60. The van der Waals surface area contributed by atoms with Crippen molar-refractivity contribution in [3.05, 3.63) is 0 Å². The summed E-state index contributed by atoms with van der Waals surface area (Å²) in [6, 6.07) is -0.284. The van der Waals surface area contributed by atoms with Crippen molar-refractivity contribution < 1.29 is 9.90 Å². The van der Waals surface area contributed by atoms with Gasteiger partial charge in [-0.2, -0.15) is 0 Å². The van der Waals surface area contributed by atoms with Crippen LogP contribution in [0.4, 0.5) is 4.79 Å². The van der Waals surface area contributed by atoms with Gasteiger partial charge in [-0.05, 0) is 20.8 Å². The number of hydrogen-bond donors (Lipinski definition) is 2. The van der Waals surface area contributed by atoms with Crippen molar-refractivity contribution in [2.24, 2.45) is 0 Å². The molecule has 0 aromatic carbocycles. The Morgan fingerprint density at radius 1 is 1.36 bits per heavy atom. The third-order valence-corrected chi connectivity index (χ3v) is 0.876. The second-order valence-corrected chi connectivity index (χ2v) is 3.34. The highest BCUT2D eigenvalue weighted by Crippen LogP contribution is 1.96. The summed E-state index contributed by atoms with van der Waals surface area (Å²) in [6.07, 6.45) is 0. The summed E-state index contributed by atoms with van der Waals surface area (Å²) in [5.41, 5.74) is -0.243. The van der Waals surface area contributed by atoms with Crippen LogP contribution >= 0.6 is 0 Å². The van der Waals surface area contributed by atoms with Crippen molar-refractivity contribution in [3.63, 3.8) is 0 Å². The molecule has 4 heteroatoms. The summed E-state index contributed by atoms with van der Waals surface area (Å²) in [7, 11) is 0. The van der Waals surface area contributed by atoms with Crippen molar-refractivity contribution >= 4 is 6.03 Å². The Labute approximate surface area is 67.0 Å².